The molecule has 1 saturated carbocycles. The third-order valence-electron chi connectivity index (χ3n) is 18.3. The van der Waals surface area contributed by atoms with Crippen LogP contribution < -0.4 is 34.0 Å². The minimum Gasteiger partial charge on any atom is -0.491 e. The number of aromatic amines is 1. The maximum atomic E-state index is 15.1. The van der Waals surface area contributed by atoms with E-state index in [1.165, 1.54) is 18.2 Å². The van der Waals surface area contributed by atoms with Crippen molar-refractivity contribution < 1.29 is 50.6 Å². The van der Waals surface area contributed by atoms with Crippen molar-refractivity contribution in [3.8, 4) is 17.4 Å². The van der Waals surface area contributed by atoms with Crippen LogP contribution in [0.1, 0.15) is 98.8 Å². The number of benzene rings is 4. The van der Waals surface area contributed by atoms with Gasteiger partial charge in [-0.05, 0) is 125 Å². The number of amides is 1. The molecule has 2 aromatic heterocycles. The van der Waals surface area contributed by atoms with Gasteiger partial charge in [0.05, 0.1) is 52.5 Å². The van der Waals surface area contributed by atoms with Crippen LogP contribution in [0.4, 0.5) is 37.2 Å². The maximum absolute atomic E-state index is 15.1. The Hall–Kier alpha value is -7.11. The molecule has 4 saturated heterocycles. The second-order valence-electron chi connectivity index (χ2n) is 23.7. The molecule has 6 aromatic rings. The Morgan fingerprint density at radius 1 is 0.892 bits per heavy atom. The minimum absolute atomic E-state index is 0.0345. The van der Waals surface area contributed by atoms with Crippen molar-refractivity contribution in [2.75, 3.05) is 87.4 Å². The second-order valence-corrected chi connectivity index (χ2v) is 25.3. The fraction of sp³-hybridized carbons (Fsp3) is 0.475. The van der Waals surface area contributed by atoms with E-state index in [1.54, 1.807) is 12.3 Å². The van der Waals surface area contributed by atoms with E-state index >= 15 is 4.39 Å². The first kappa shape index (κ1) is 55.1. The Balaban J connectivity index is 0.768. The Morgan fingerprint density at radius 2 is 1.70 bits per heavy atom. The molecule has 13 rings (SSSR count). The minimum atomic E-state index is -4.65. The SMILES string of the molecule is CC(C)Oc1ccccc1[C@H]1CN([C@@H]2CCOc3c(F)cc(F)cc32)CCN1C1CC2(CCN(c3ccc(C(=O)NS(=O)(=O)c4ccc(NCC5CCOCC5)c([N+](=O)[O-])c4)c(N4c5cc6cc[nH]c6nc5O[C@H]5COCC[C@@H]54)c3)CC2)C1. The summed E-state index contributed by atoms with van der Waals surface area (Å²) in [4.78, 5) is 43.6. The molecule has 19 nitrogen and oxygen atoms in total. The molecule has 0 unspecified atom stereocenters. The number of piperazine rings is 1. The molecule has 4 aromatic carbocycles. The van der Waals surface area contributed by atoms with Crippen molar-refractivity contribution in [1.82, 2.24) is 24.5 Å². The lowest BCUT2D eigenvalue weighted by Gasteiger charge is -2.59. The summed E-state index contributed by atoms with van der Waals surface area (Å²) in [7, 11) is -4.65. The van der Waals surface area contributed by atoms with E-state index in [2.05, 4.69) is 46.8 Å². The number of hydrogen-bond acceptors (Lipinski definition) is 16. The van der Waals surface area contributed by atoms with Gasteiger partial charge in [0.15, 0.2) is 11.6 Å². The van der Waals surface area contributed by atoms with Gasteiger partial charge in [0.25, 0.3) is 21.6 Å². The molecule has 438 valence electrons. The highest BCUT2D eigenvalue weighted by molar-refractivity contribution is 7.90. The first-order valence-electron chi connectivity index (χ1n) is 29.1. The maximum Gasteiger partial charge on any atom is 0.293 e. The molecule has 1 aliphatic carbocycles. The predicted molar refractivity (Wildman–Crippen MR) is 307 cm³/mol. The predicted octanol–water partition coefficient (Wildman–Crippen LogP) is 9.81. The van der Waals surface area contributed by atoms with E-state index in [4.69, 9.17) is 28.7 Å². The number of hydrogen-bond donors (Lipinski definition) is 3. The van der Waals surface area contributed by atoms with Crippen LogP contribution >= 0.6 is 0 Å². The van der Waals surface area contributed by atoms with Gasteiger partial charge in [-0.25, -0.2) is 21.9 Å². The molecule has 22 heteroatoms. The molecule has 6 aliphatic heterocycles. The van der Waals surface area contributed by atoms with Gasteiger partial charge in [-0.2, -0.15) is 4.98 Å². The summed E-state index contributed by atoms with van der Waals surface area (Å²) in [5.74, 6) is -0.628. The van der Waals surface area contributed by atoms with Crippen molar-refractivity contribution in [3.05, 3.63) is 130 Å². The molecule has 83 heavy (non-hydrogen) atoms. The number of carbonyl (C=O) groups excluding carboxylic acids is 1. The van der Waals surface area contributed by atoms with Gasteiger partial charge in [-0.1, -0.05) is 18.2 Å². The number of halogens is 2. The van der Waals surface area contributed by atoms with E-state index in [9.17, 15) is 27.7 Å². The number of nitro groups is 1. The molecule has 3 N–H and O–H groups in total. The number of H-pyrrole nitrogens is 1. The van der Waals surface area contributed by atoms with Crippen LogP contribution in [-0.2, 0) is 19.5 Å². The number of ether oxygens (including phenoxy) is 5. The van der Waals surface area contributed by atoms with Crippen LogP contribution in [0, 0.1) is 33.1 Å². The van der Waals surface area contributed by atoms with E-state index in [0.29, 0.717) is 86.9 Å². The van der Waals surface area contributed by atoms with Crippen LogP contribution in [0.15, 0.2) is 96.0 Å². The quantitative estimate of drug-likeness (QED) is 0.0685. The second kappa shape index (κ2) is 22.5. The standard InChI is InChI=1S/C61H69F2N9O10S/c1-37(2)81-55-6-4-3-5-44(55)54-35-69(49-15-26-80-57-46(49)28-40(62)29-47(57)63)21-22-70(54)42-32-61(33-42)16-19-68(20-17-61)41-7-9-45(51(30-41)71-50-14-25-79-36-56(50)82-60-53(71)27-39-11-18-64-58(39)66-60)59(73)67-83(76,77)43-8-10-48(52(31-43)72(74)75)65-34-38-12-23-78-24-13-38/h3-11,18,27-31,37-38,42,49-50,54,56,65H,12-17,19-26,32-36H2,1-2H3,(H,64,66)(H,67,73)/t49-,50+,54-,56+/m1/s1. The normalized spacial score (nSPS) is 23.1. The van der Waals surface area contributed by atoms with Gasteiger partial charge in [0, 0.05) is 118 Å². The average molecular weight is 1160 g/mol. The molecule has 8 heterocycles. The van der Waals surface area contributed by atoms with Crippen LogP contribution in [-0.4, -0.2) is 136 Å². The number of fused-ring (bicyclic) bond motifs is 4. The van der Waals surface area contributed by atoms with Crippen LogP contribution in [0.5, 0.6) is 17.4 Å². The Morgan fingerprint density at radius 3 is 2.51 bits per heavy atom. The number of anilines is 4. The topological polar surface area (TPSA) is 206 Å². The van der Waals surface area contributed by atoms with Gasteiger partial charge < -0.3 is 43.8 Å². The van der Waals surface area contributed by atoms with Crippen molar-refractivity contribution in [1.29, 1.82) is 0 Å². The average Bonchev–Trinajstić information content (AvgIpc) is 3.85. The van der Waals surface area contributed by atoms with E-state index in [-0.39, 0.29) is 59.2 Å². The zero-order chi connectivity index (χ0) is 57.1. The number of piperidine rings is 1. The molecule has 0 bridgehead atoms. The summed E-state index contributed by atoms with van der Waals surface area (Å²) in [6.07, 6.45) is 7.95. The number of pyridine rings is 1. The molecule has 1 spiro atoms. The summed E-state index contributed by atoms with van der Waals surface area (Å²) in [5, 5.41) is 16.4. The Kier molecular flexibility index (Phi) is 14.9. The van der Waals surface area contributed by atoms with Crippen molar-refractivity contribution in [2.45, 2.75) is 106 Å². The molecule has 7 aliphatic rings. The molecule has 5 fully saturated rings. The lowest BCUT2D eigenvalue weighted by atomic mass is 9.59. The number of rotatable bonds is 14. The fourth-order valence-electron chi connectivity index (χ4n) is 14.0. The lowest BCUT2D eigenvalue weighted by Crippen LogP contribution is -2.60. The third kappa shape index (κ3) is 10.8. The summed E-state index contributed by atoms with van der Waals surface area (Å²) in [6.45, 7) is 10.4. The van der Waals surface area contributed by atoms with E-state index < -0.39 is 49.2 Å². The number of nitro benzene ring substituents is 1. The summed E-state index contributed by atoms with van der Waals surface area (Å²) < 4.78 is 90.8. The highest BCUT2D eigenvalue weighted by atomic mass is 32.2. The van der Waals surface area contributed by atoms with Crippen molar-refractivity contribution in [2.24, 2.45) is 11.3 Å². The fourth-order valence-corrected chi connectivity index (χ4v) is 15.0. The number of aromatic nitrogens is 2. The number of carbonyl (C=O) groups is 1. The molecule has 0 radical (unpaired) electrons. The van der Waals surface area contributed by atoms with Crippen molar-refractivity contribution >= 4 is 55.4 Å². The van der Waals surface area contributed by atoms with E-state index in [0.717, 1.165) is 99.2 Å². The number of nitrogens with one attached hydrogen (secondary N) is 3. The van der Waals surface area contributed by atoms with Gasteiger partial charge in [-0.3, -0.25) is 24.7 Å². The van der Waals surface area contributed by atoms with Crippen LogP contribution in [0.2, 0.25) is 0 Å². The first-order valence-corrected chi connectivity index (χ1v) is 30.6. The number of sulfonamides is 1. The highest BCUT2D eigenvalue weighted by Gasteiger charge is 2.51. The Bertz CT molecular complexity index is 3550. The summed E-state index contributed by atoms with van der Waals surface area (Å²) >= 11 is 0. The summed E-state index contributed by atoms with van der Waals surface area (Å²) in [6, 6.07) is 23.3. The lowest BCUT2D eigenvalue weighted by molar-refractivity contribution is -0.384. The van der Waals surface area contributed by atoms with Gasteiger partial charge in [0.2, 0.25) is 5.88 Å². The zero-order valence-corrected chi connectivity index (χ0v) is 47.4. The summed E-state index contributed by atoms with van der Waals surface area (Å²) in [5.41, 5.74) is 4.16. The van der Waals surface area contributed by atoms with Crippen LogP contribution in [0.25, 0.3) is 11.0 Å². The smallest absolute Gasteiger partial charge is 0.293 e. The first-order chi connectivity index (χ1) is 40.2. The highest BCUT2D eigenvalue weighted by Crippen LogP contribution is 2.55. The number of para-hydroxylation sites is 1. The van der Waals surface area contributed by atoms with Gasteiger partial charge in [0.1, 0.15) is 34.7 Å². The zero-order valence-electron chi connectivity index (χ0n) is 46.6. The Labute approximate surface area is 480 Å². The molecule has 4 atom stereocenters. The third-order valence-corrected chi connectivity index (χ3v) is 19.6. The van der Waals surface area contributed by atoms with Crippen LogP contribution in [0.3, 0.4) is 0 Å². The monoisotopic (exact) mass is 1160 g/mol. The van der Waals surface area contributed by atoms with Gasteiger partial charge >= 0.3 is 0 Å². The molecular weight excluding hydrogens is 1090 g/mol. The number of nitrogens with zero attached hydrogens (tertiary/aromatic N) is 6. The largest absolute Gasteiger partial charge is 0.491 e. The van der Waals surface area contributed by atoms with Crippen molar-refractivity contribution in [3.63, 3.8) is 0 Å². The molecule has 1 amide bonds. The molecular formula is C61H69F2N9O10S. The van der Waals surface area contributed by atoms with E-state index in [1.807, 2.05) is 50.2 Å². The van der Waals surface area contributed by atoms with Gasteiger partial charge in [-0.15, -0.1) is 0 Å².